The smallest absolute Gasteiger partial charge is 0.312 e. The van der Waals surface area contributed by atoms with E-state index in [9.17, 15) is 14.7 Å². The van der Waals surface area contributed by atoms with Crippen molar-refractivity contribution in [1.82, 2.24) is 0 Å². The molecule has 0 spiro atoms. The van der Waals surface area contributed by atoms with Gasteiger partial charge < -0.3 is 15.2 Å². The van der Waals surface area contributed by atoms with Gasteiger partial charge in [0.15, 0.2) is 6.61 Å². The summed E-state index contributed by atoms with van der Waals surface area (Å²) in [6.07, 6.45) is 4.78. The van der Waals surface area contributed by atoms with Crippen molar-refractivity contribution in [2.75, 3.05) is 11.9 Å². The lowest BCUT2D eigenvalue weighted by Crippen LogP contribution is -2.58. The van der Waals surface area contributed by atoms with Gasteiger partial charge in [-0.1, -0.05) is 12.1 Å². The van der Waals surface area contributed by atoms with Crippen LogP contribution in [0.3, 0.4) is 0 Å². The van der Waals surface area contributed by atoms with E-state index in [1.165, 1.54) is 0 Å². The van der Waals surface area contributed by atoms with Crippen molar-refractivity contribution >= 4 is 33.5 Å². The third-order valence-electron chi connectivity index (χ3n) is 5.95. The van der Waals surface area contributed by atoms with Gasteiger partial charge in [0.2, 0.25) is 0 Å². The largest absolute Gasteiger partial charge is 0.455 e. The van der Waals surface area contributed by atoms with E-state index in [1.807, 2.05) is 18.2 Å². The quantitative estimate of drug-likeness (QED) is 0.750. The fraction of sp³-hybridized carbons (Fsp3) is 0.579. The maximum atomic E-state index is 12.7. The fourth-order valence-electron chi connectivity index (χ4n) is 5.49. The molecule has 4 saturated carbocycles. The molecule has 4 aliphatic rings. The van der Waals surface area contributed by atoms with Gasteiger partial charge in [-0.25, -0.2) is 0 Å². The van der Waals surface area contributed by atoms with Crippen LogP contribution in [0.15, 0.2) is 28.7 Å². The SMILES string of the molecule is O=C(COC(=O)C12C[C@@H]3C[C@@H](CC(O)(C3)C1)C2)Nc1ccccc1Br. The van der Waals surface area contributed by atoms with Gasteiger partial charge >= 0.3 is 5.97 Å². The average Bonchev–Trinajstić information content (AvgIpc) is 2.52. The van der Waals surface area contributed by atoms with Crippen LogP contribution < -0.4 is 5.32 Å². The maximum Gasteiger partial charge on any atom is 0.312 e. The first-order chi connectivity index (χ1) is 11.9. The number of esters is 1. The Bertz CT molecular complexity index is 705. The van der Waals surface area contributed by atoms with Crippen molar-refractivity contribution < 1.29 is 19.4 Å². The number of aliphatic hydroxyl groups is 1. The van der Waals surface area contributed by atoms with Gasteiger partial charge in [-0.3, -0.25) is 9.59 Å². The number of rotatable bonds is 4. The molecule has 0 heterocycles. The van der Waals surface area contributed by atoms with Crippen LogP contribution in [0.1, 0.15) is 38.5 Å². The van der Waals surface area contributed by atoms with Crippen LogP contribution >= 0.6 is 15.9 Å². The molecule has 2 unspecified atom stereocenters. The summed E-state index contributed by atoms with van der Waals surface area (Å²) >= 11 is 3.37. The maximum absolute atomic E-state index is 12.7. The fourth-order valence-corrected chi connectivity index (χ4v) is 5.87. The topological polar surface area (TPSA) is 75.6 Å². The molecule has 1 aromatic rings. The van der Waals surface area contributed by atoms with E-state index in [2.05, 4.69) is 21.2 Å². The highest BCUT2D eigenvalue weighted by molar-refractivity contribution is 9.10. The number of ether oxygens (including phenoxy) is 1. The first kappa shape index (κ1) is 17.0. The molecule has 4 atom stereocenters. The Balaban J connectivity index is 1.38. The number of amides is 1. The molecule has 2 N–H and O–H groups in total. The molecule has 0 saturated heterocycles. The molecule has 0 aromatic heterocycles. The summed E-state index contributed by atoms with van der Waals surface area (Å²) in [5, 5.41) is 13.5. The van der Waals surface area contributed by atoms with Crippen LogP contribution in [0.5, 0.6) is 0 Å². The van der Waals surface area contributed by atoms with E-state index < -0.39 is 11.0 Å². The summed E-state index contributed by atoms with van der Waals surface area (Å²) in [5.74, 6) is 0.145. The van der Waals surface area contributed by atoms with Crippen LogP contribution in [-0.4, -0.2) is 29.2 Å². The van der Waals surface area contributed by atoms with Crippen molar-refractivity contribution in [1.29, 1.82) is 0 Å². The Morgan fingerprint density at radius 3 is 2.52 bits per heavy atom. The third-order valence-corrected chi connectivity index (χ3v) is 6.64. The van der Waals surface area contributed by atoms with Gasteiger partial charge in [-0.05, 0) is 78.4 Å². The molecule has 5 nitrogen and oxygen atoms in total. The number of carbonyl (C=O) groups excluding carboxylic acids is 2. The second-order valence-corrected chi connectivity index (χ2v) is 8.92. The van der Waals surface area contributed by atoms with Crippen molar-refractivity contribution in [2.24, 2.45) is 17.3 Å². The molecule has 0 radical (unpaired) electrons. The number of hydrogen-bond acceptors (Lipinski definition) is 4. The van der Waals surface area contributed by atoms with Crippen molar-refractivity contribution in [2.45, 2.75) is 44.1 Å². The van der Waals surface area contributed by atoms with Crippen LogP contribution in [0, 0.1) is 17.3 Å². The molecule has 4 aliphatic carbocycles. The van der Waals surface area contributed by atoms with Gasteiger partial charge in [-0.2, -0.15) is 0 Å². The zero-order chi connectivity index (χ0) is 17.7. The van der Waals surface area contributed by atoms with Crippen molar-refractivity contribution in [3.63, 3.8) is 0 Å². The number of benzene rings is 1. The molecule has 1 aromatic carbocycles. The molecule has 1 amide bonds. The highest BCUT2D eigenvalue weighted by atomic mass is 79.9. The van der Waals surface area contributed by atoms with Crippen LogP contribution in [0.25, 0.3) is 0 Å². The van der Waals surface area contributed by atoms with Crippen molar-refractivity contribution in [3.8, 4) is 0 Å². The van der Waals surface area contributed by atoms with Crippen LogP contribution in [0.4, 0.5) is 5.69 Å². The highest BCUT2D eigenvalue weighted by Gasteiger charge is 2.60. The number of para-hydroxylation sites is 1. The highest BCUT2D eigenvalue weighted by Crippen LogP contribution is 2.61. The summed E-state index contributed by atoms with van der Waals surface area (Å²) in [5.41, 5.74) is -0.653. The minimum atomic E-state index is -0.708. The Kier molecular flexibility index (Phi) is 4.15. The Hall–Kier alpha value is -1.40. The molecular formula is C19H22BrNO4. The van der Waals surface area contributed by atoms with Crippen LogP contribution in [-0.2, 0) is 14.3 Å². The number of anilines is 1. The lowest BCUT2D eigenvalue weighted by molar-refractivity contribution is -0.196. The molecular weight excluding hydrogens is 386 g/mol. The second kappa shape index (κ2) is 6.09. The van der Waals surface area contributed by atoms with Crippen molar-refractivity contribution in [3.05, 3.63) is 28.7 Å². The molecule has 4 bridgehead atoms. The van der Waals surface area contributed by atoms with E-state index in [4.69, 9.17) is 4.74 Å². The van der Waals surface area contributed by atoms with E-state index in [-0.39, 0.29) is 18.5 Å². The minimum absolute atomic E-state index is 0.296. The van der Waals surface area contributed by atoms with Gasteiger partial charge in [-0.15, -0.1) is 0 Å². The lowest BCUT2D eigenvalue weighted by atomic mass is 9.48. The van der Waals surface area contributed by atoms with E-state index in [0.29, 0.717) is 23.9 Å². The number of nitrogens with one attached hydrogen (secondary N) is 1. The summed E-state index contributed by atoms with van der Waals surface area (Å²) in [6.45, 7) is -0.296. The molecule has 4 fully saturated rings. The summed E-state index contributed by atoms with van der Waals surface area (Å²) in [6, 6.07) is 7.29. The lowest BCUT2D eigenvalue weighted by Gasteiger charge is -2.58. The third kappa shape index (κ3) is 3.22. The number of hydrogen-bond donors (Lipinski definition) is 2. The number of carbonyl (C=O) groups is 2. The predicted octanol–water partition coefficient (Wildman–Crippen LogP) is 3.26. The van der Waals surface area contributed by atoms with Gasteiger partial charge in [0.05, 0.1) is 16.7 Å². The first-order valence-corrected chi connectivity index (χ1v) is 9.61. The zero-order valence-electron chi connectivity index (χ0n) is 14.0. The second-order valence-electron chi connectivity index (χ2n) is 8.07. The standard InChI is InChI=1S/C19H22BrNO4/c20-14-3-1-2-4-15(14)21-16(22)10-25-17(23)18-6-12-5-13(7-18)9-19(24,8-12)11-18/h1-4,12-13,24H,5-11H2,(H,21,22)/t12-,13+,18?,19?. The molecule has 5 rings (SSSR count). The number of halogens is 1. The van der Waals surface area contributed by atoms with E-state index >= 15 is 0 Å². The normalized spacial score (nSPS) is 35.4. The minimum Gasteiger partial charge on any atom is -0.455 e. The Morgan fingerprint density at radius 2 is 1.88 bits per heavy atom. The molecule has 6 heteroatoms. The van der Waals surface area contributed by atoms with Gasteiger partial charge in [0.25, 0.3) is 5.91 Å². The average molecular weight is 408 g/mol. The predicted molar refractivity (Wildman–Crippen MR) is 95.8 cm³/mol. The summed E-state index contributed by atoms with van der Waals surface area (Å²) in [7, 11) is 0. The van der Waals surface area contributed by atoms with Gasteiger partial charge in [0.1, 0.15) is 0 Å². The summed E-state index contributed by atoms with van der Waals surface area (Å²) in [4.78, 5) is 24.8. The molecule has 0 aliphatic heterocycles. The molecule has 25 heavy (non-hydrogen) atoms. The van der Waals surface area contributed by atoms with E-state index in [1.54, 1.807) is 6.07 Å². The van der Waals surface area contributed by atoms with E-state index in [0.717, 1.165) is 36.6 Å². The zero-order valence-corrected chi connectivity index (χ0v) is 15.5. The Labute approximate surface area is 155 Å². The first-order valence-electron chi connectivity index (χ1n) is 8.82. The summed E-state index contributed by atoms with van der Waals surface area (Å²) < 4.78 is 6.14. The van der Waals surface area contributed by atoms with Crippen LogP contribution in [0.2, 0.25) is 0 Å². The monoisotopic (exact) mass is 407 g/mol. The molecule has 134 valence electrons. The Morgan fingerprint density at radius 1 is 1.20 bits per heavy atom. The van der Waals surface area contributed by atoms with Gasteiger partial charge in [0, 0.05) is 4.47 Å².